The number of hydrogen-bond acceptors (Lipinski definition) is 8. The number of carbonyl (C=O) groups is 1. The zero-order valence-corrected chi connectivity index (χ0v) is 16.4. The summed E-state index contributed by atoms with van der Waals surface area (Å²) in [7, 11) is 4.62. The summed E-state index contributed by atoms with van der Waals surface area (Å²) >= 11 is 1.19. The Morgan fingerprint density at radius 2 is 1.86 bits per heavy atom. The number of aromatic nitrogens is 1. The van der Waals surface area contributed by atoms with E-state index in [0.29, 0.717) is 33.6 Å². The van der Waals surface area contributed by atoms with Gasteiger partial charge >= 0.3 is 0 Å². The summed E-state index contributed by atoms with van der Waals surface area (Å²) in [5, 5.41) is 4.40. The van der Waals surface area contributed by atoms with Gasteiger partial charge in [-0.2, -0.15) is 5.10 Å². The van der Waals surface area contributed by atoms with Crippen LogP contribution in [0.5, 0.6) is 17.2 Å². The molecule has 1 N–H and O–H groups in total. The highest BCUT2D eigenvalue weighted by Crippen LogP contribution is 2.33. The Hall–Kier alpha value is -3.20. The van der Waals surface area contributed by atoms with Crippen LogP contribution >= 0.6 is 11.8 Å². The lowest BCUT2D eigenvalue weighted by atomic mass is 10.2. The van der Waals surface area contributed by atoms with Crippen LogP contribution in [-0.4, -0.2) is 44.2 Å². The van der Waals surface area contributed by atoms with Crippen LogP contribution in [0.15, 0.2) is 51.1 Å². The second-order valence-electron chi connectivity index (χ2n) is 5.48. The standard InChI is InChI=1S/C19H19N3O5S/c1-24-15-9-17(26-3)16(25-2)8-12(15)10-20-22-18(23)11-28-19-21-13-6-4-5-7-14(13)27-19/h4-10H,11H2,1-3H3,(H,22,23)/b20-10-. The van der Waals surface area contributed by atoms with E-state index in [4.69, 9.17) is 18.6 Å². The first-order valence-corrected chi connectivity index (χ1v) is 9.23. The maximum absolute atomic E-state index is 12.0. The molecule has 1 aromatic heterocycles. The summed E-state index contributed by atoms with van der Waals surface area (Å²) in [5.41, 5.74) is 4.53. The van der Waals surface area contributed by atoms with Crippen LogP contribution in [0.25, 0.3) is 11.1 Å². The zero-order chi connectivity index (χ0) is 19.9. The highest BCUT2D eigenvalue weighted by molar-refractivity contribution is 7.99. The Bertz CT molecular complexity index is 969. The number of fused-ring (bicyclic) bond motifs is 1. The van der Waals surface area contributed by atoms with Crippen molar-refractivity contribution in [3.63, 3.8) is 0 Å². The first-order valence-electron chi connectivity index (χ1n) is 8.25. The number of methoxy groups -OCH3 is 3. The summed E-state index contributed by atoms with van der Waals surface area (Å²) in [5.74, 6) is 1.44. The molecule has 0 aliphatic carbocycles. The normalized spacial score (nSPS) is 11.0. The Morgan fingerprint density at radius 1 is 1.14 bits per heavy atom. The highest BCUT2D eigenvalue weighted by atomic mass is 32.2. The van der Waals surface area contributed by atoms with E-state index in [9.17, 15) is 4.79 Å². The van der Waals surface area contributed by atoms with Crippen LogP contribution in [0, 0.1) is 0 Å². The molecule has 146 valence electrons. The van der Waals surface area contributed by atoms with E-state index in [1.807, 2.05) is 24.3 Å². The quantitative estimate of drug-likeness (QED) is 0.352. The van der Waals surface area contributed by atoms with E-state index in [2.05, 4.69) is 15.5 Å². The molecule has 1 amide bonds. The summed E-state index contributed by atoms with van der Waals surface area (Å²) in [4.78, 5) is 16.3. The van der Waals surface area contributed by atoms with Gasteiger partial charge < -0.3 is 18.6 Å². The van der Waals surface area contributed by atoms with Crippen molar-refractivity contribution < 1.29 is 23.4 Å². The van der Waals surface area contributed by atoms with Crippen LogP contribution in [0.2, 0.25) is 0 Å². The number of nitrogens with one attached hydrogen (secondary N) is 1. The number of para-hydroxylation sites is 2. The molecule has 0 saturated heterocycles. The summed E-state index contributed by atoms with van der Waals surface area (Å²) in [6.07, 6.45) is 1.47. The molecule has 0 saturated carbocycles. The van der Waals surface area contributed by atoms with Gasteiger partial charge in [0.1, 0.15) is 11.3 Å². The van der Waals surface area contributed by atoms with Crippen molar-refractivity contribution in [1.29, 1.82) is 0 Å². The molecule has 0 unspecified atom stereocenters. The molecule has 0 radical (unpaired) electrons. The van der Waals surface area contributed by atoms with E-state index in [1.165, 1.54) is 32.2 Å². The fourth-order valence-corrected chi connectivity index (χ4v) is 3.03. The fraction of sp³-hybridized carbons (Fsp3) is 0.211. The molecule has 0 atom stereocenters. The molecule has 0 aliphatic heterocycles. The van der Waals surface area contributed by atoms with Crippen LogP contribution in [0.1, 0.15) is 5.56 Å². The summed E-state index contributed by atoms with van der Waals surface area (Å²) < 4.78 is 21.4. The van der Waals surface area contributed by atoms with Crippen molar-refractivity contribution in [3.8, 4) is 17.2 Å². The second kappa shape index (κ2) is 9.14. The Kier molecular flexibility index (Phi) is 6.38. The number of hydrogen-bond donors (Lipinski definition) is 1. The Morgan fingerprint density at radius 3 is 2.57 bits per heavy atom. The molecule has 3 rings (SSSR count). The topological polar surface area (TPSA) is 95.2 Å². The largest absolute Gasteiger partial charge is 0.496 e. The first kappa shape index (κ1) is 19.6. The third-order valence-corrected chi connectivity index (χ3v) is 4.56. The first-order chi connectivity index (χ1) is 13.6. The van der Waals surface area contributed by atoms with E-state index in [-0.39, 0.29) is 11.7 Å². The number of thioether (sulfide) groups is 1. The van der Waals surface area contributed by atoms with E-state index in [0.717, 1.165) is 5.52 Å². The van der Waals surface area contributed by atoms with Gasteiger partial charge in [-0.1, -0.05) is 23.9 Å². The molecule has 8 nitrogen and oxygen atoms in total. The zero-order valence-electron chi connectivity index (χ0n) is 15.6. The molecule has 2 aromatic carbocycles. The summed E-state index contributed by atoms with van der Waals surface area (Å²) in [6, 6.07) is 10.8. The molecule has 28 heavy (non-hydrogen) atoms. The van der Waals surface area contributed by atoms with Crippen molar-refractivity contribution >= 4 is 35.0 Å². The fourth-order valence-electron chi connectivity index (χ4n) is 2.40. The van der Waals surface area contributed by atoms with E-state index in [1.54, 1.807) is 19.2 Å². The van der Waals surface area contributed by atoms with Crippen LogP contribution in [0.3, 0.4) is 0 Å². The smallest absolute Gasteiger partial charge is 0.257 e. The molecule has 1 heterocycles. The lowest BCUT2D eigenvalue weighted by molar-refractivity contribution is -0.118. The molecule has 0 fully saturated rings. The van der Waals surface area contributed by atoms with Crippen molar-refractivity contribution in [1.82, 2.24) is 10.4 Å². The Labute approximate surface area is 165 Å². The van der Waals surface area contributed by atoms with Gasteiger partial charge in [-0.05, 0) is 18.2 Å². The minimum atomic E-state index is -0.289. The minimum Gasteiger partial charge on any atom is -0.496 e. The van der Waals surface area contributed by atoms with Gasteiger partial charge in [0.15, 0.2) is 17.1 Å². The predicted octanol–water partition coefficient (Wildman–Crippen LogP) is 3.10. The lowest BCUT2D eigenvalue weighted by Gasteiger charge is -2.11. The number of ether oxygens (including phenoxy) is 3. The lowest BCUT2D eigenvalue weighted by Crippen LogP contribution is -2.19. The van der Waals surface area contributed by atoms with Crippen LogP contribution in [0.4, 0.5) is 0 Å². The van der Waals surface area contributed by atoms with Gasteiger partial charge in [0.05, 0.1) is 33.3 Å². The van der Waals surface area contributed by atoms with Crippen molar-refractivity contribution in [2.75, 3.05) is 27.1 Å². The molecule has 0 bridgehead atoms. The predicted molar refractivity (Wildman–Crippen MR) is 107 cm³/mol. The molecule has 9 heteroatoms. The third-order valence-electron chi connectivity index (χ3n) is 3.73. The van der Waals surface area contributed by atoms with Gasteiger partial charge in [-0.15, -0.1) is 0 Å². The average Bonchev–Trinajstić information content (AvgIpc) is 3.14. The SMILES string of the molecule is COc1cc(OC)c(OC)cc1/C=N\NC(=O)CSc1nc2ccccc2o1. The van der Waals surface area contributed by atoms with Crippen molar-refractivity contribution in [3.05, 3.63) is 42.0 Å². The molecular weight excluding hydrogens is 382 g/mol. The van der Waals surface area contributed by atoms with Gasteiger partial charge in [0, 0.05) is 11.6 Å². The number of hydrazone groups is 1. The number of rotatable bonds is 8. The molecule has 3 aromatic rings. The number of benzene rings is 2. The maximum atomic E-state index is 12.0. The number of amides is 1. The molecule has 0 spiro atoms. The van der Waals surface area contributed by atoms with Crippen LogP contribution < -0.4 is 19.6 Å². The molecular formula is C19H19N3O5S. The van der Waals surface area contributed by atoms with E-state index < -0.39 is 0 Å². The molecule has 0 aliphatic rings. The van der Waals surface area contributed by atoms with Crippen LogP contribution in [-0.2, 0) is 4.79 Å². The third kappa shape index (κ3) is 4.55. The highest BCUT2D eigenvalue weighted by Gasteiger charge is 2.11. The number of nitrogens with zero attached hydrogens (tertiary/aromatic N) is 2. The average molecular weight is 401 g/mol. The second-order valence-corrected chi connectivity index (χ2v) is 6.41. The van der Waals surface area contributed by atoms with Gasteiger partial charge in [-0.25, -0.2) is 10.4 Å². The van der Waals surface area contributed by atoms with Gasteiger partial charge in [0.25, 0.3) is 11.1 Å². The monoisotopic (exact) mass is 401 g/mol. The Balaban J connectivity index is 1.60. The van der Waals surface area contributed by atoms with Gasteiger partial charge in [-0.3, -0.25) is 4.79 Å². The van der Waals surface area contributed by atoms with Gasteiger partial charge in [0.2, 0.25) is 0 Å². The maximum Gasteiger partial charge on any atom is 0.257 e. The van der Waals surface area contributed by atoms with E-state index >= 15 is 0 Å². The van der Waals surface area contributed by atoms with Crippen molar-refractivity contribution in [2.45, 2.75) is 5.22 Å². The number of carbonyl (C=O) groups excluding carboxylic acids is 1. The van der Waals surface area contributed by atoms with Crippen molar-refractivity contribution in [2.24, 2.45) is 5.10 Å². The summed E-state index contributed by atoms with van der Waals surface area (Å²) in [6.45, 7) is 0. The number of oxazole rings is 1. The minimum absolute atomic E-state index is 0.118.